The molecule has 0 unspecified atom stereocenters. The number of hydrogen-bond acceptors (Lipinski definition) is 5. The van der Waals surface area contributed by atoms with Crippen LogP contribution >= 0.6 is 0 Å². The maximum absolute atomic E-state index is 14.0. The highest BCUT2D eigenvalue weighted by Gasteiger charge is 2.14. The number of rotatable bonds is 2. The Morgan fingerprint density at radius 3 is 2.50 bits per heavy atom. The molecule has 0 aliphatic rings. The molecule has 0 radical (unpaired) electrons. The van der Waals surface area contributed by atoms with Crippen molar-refractivity contribution in [3.05, 3.63) is 29.1 Å². The maximum atomic E-state index is 14.0. The third kappa shape index (κ3) is 2.22. The average Bonchev–Trinajstić information content (AvgIpc) is 2.26. The number of anilines is 1. The van der Waals surface area contributed by atoms with Crippen molar-refractivity contribution in [2.24, 2.45) is 0 Å². The molecule has 0 spiro atoms. The quantitative estimate of drug-likeness (QED) is 0.878. The maximum Gasteiger partial charge on any atom is 0.321 e. The van der Waals surface area contributed by atoms with E-state index in [1.54, 1.807) is 6.92 Å². The number of ether oxygens (including phenoxy) is 1. The van der Waals surface area contributed by atoms with E-state index < -0.39 is 0 Å². The normalized spacial score (nSPS) is 10.4. The summed E-state index contributed by atoms with van der Waals surface area (Å²) in [7, 11) is 1.41. The number of benzene rings is 1. The first-order chi connectivity index (χ1) is 8.51. The van der Waals surface area contributed by atoms with Crippen LogP contribution < -0.4 is 10.5 Å². The second-order valence-electron chi connectivity index (χ2n) is 3.94. The fraction of sp³-hybridized carbons (Fsp3) is 0.250. The number of aromatic nitrogens is 3. The molecule has 2 N–H and O–H groups in total. The van der Waals surface area contributed by atoms with Crippen LogP contribution in [0.25, 0.3) is 11.4 Å². The van der Waals surface area contributed by atoms with E-state index in [1.807, 2.05) is 13.0 Å². The monoisotopic (exact) mass is 248 g/mol. The molecule has 0 fully saturated rings. The highest BCUT2D eigenvalue weighted by molar-refractivity contribution is 5.62. The summed E-state index contributed by atoms with van der Waals surface area (Å²) in [5, 5.41) is 0. The first-order valence-corrected chi connectivity index (χ1v) is 5.34. The van der Waals surface area contributed by atoms with Crippen LogP contribution in [0.2, 0.25) is 0 Å². The van der Waals surface area contributed by atoms with Crippen LogP contribution in [-0.2, 0) is 0 Å². The minimum Gasteiger partial charge on any atom is -0.467 e. The van der Waals surface area contributed by atoms with Crippen molar-refractivity contribution in [3.63, 3.8) is 0 Å². The lowest BCUT2D eigenvalue weighted by atomic mass is 10.0. The van der Waals surface area contributed by atoms with Gasteiger partial charge in [0.1, 0.15) is 5.82 Å². The van der Waals surface area contributed by atoms with Gasteiger partial charge in [-0.15, -0.1) is 0 Å². The molecule has 2 aromatic rings. The highest BCUT2D eigenvalue weighted by Crippen LogP contribution is 2.26. The lowest BCUT2D eigenvalue weighted by Crippen LogP contribution is -2.04. The predicted molar refractivity (Wildman–Crippen MR) is 65.7 cm³/mol. The fourth-order valence-corrected chi connectivity index (χ4v) is 1.77. The second kappa shape index (κ2) is 4.56. The number of hydrogen-bond donors (Lipinski definition) is 1. The van der Waals surface area contributed by atoms with Gasteiger partial charge < -0.3 is 10.5 Å². The van der Waals surface area contributed by atoms with E-state index in [0.29, 0.717) is 5.56 Å². The molecule has 5 nitrogen and oxygen atoms in total. The SMILES string of the molecule is COc1nc(N)nc(-c2c(C)cc(C)cc2F)n1. The van der Waals surface area contributed by atoms with E-state index in [-0.39, 0.29) is 23.6 Å². The Bertz CT molecular complexity index is 578. The summed E-state index contributed by atoms with van der Waals surface area (Å²) in [4.78, 5) is 11.7. The zero-order valence-corrected chi connectivity index (χ0v) is 10.4. The van der Waals surface area contributed by atoms with Gasteiger partial charge in [-0.2, -0.15) is 15.0 Å². The summed E-state index contributed by atoms with van der Waals surface area (Å²) in [6, 6.07) is 3.34. The Kier molecular flexibility index (Phi) is 3.10. The molecule has 0 bridgehead atoms. The molecule has 0 saturated heterocycles. The fourth-order valence-electron chi connectivity index (χ4n) is 1.77. The van der Waals surface area contributed by atoms with Crippen molar-refractivity contribution in [3.8, 4) is 17.4 Å². The molecule has 18 heavy (non-hydrogen) atoms. The first kappa shape index (κ1) is 12.2. The topological polar surface area (TPSA) is 73.9 Å². The zero-order valence-electron chi connectivity index (χ0n) is 10.4. The summed E-state index contributed by atoms with van der Waals surface area (Å²) < 4.78 is 18.9. The van der Waals surface area contributed by atoms with E-state index >= 15 is 0 Å². The Morgan fingerprint density at radius 1 is 1.17 bits per heavy atom. The van der Waals surface area contributed by atoms with Gasteiger partial charge in [-0.1, -0.05) is 6.07 Å². The molecule has 2 rings (SSSR count). The summed E-state index contributed by atoms with van der Waals surface area (Å²) in [6.45, 7) is 3.61. The molecule has 6 heteroatoms. The average molecular weight is 248 g/mol. The number of methoxy groups -OCH3 is 1. The van der Waals surface area contributed by atoms with Crippen LogP contribution in [0.5, 0.6) is 6.01 Å². The second-order valence-corrected chi connectivity index (χ2v) is 3.94. The summed E-state index contributed by atoms with van der Waals surface area (Å²) >= 11 is 0. The van der Waals surface area contributed by atoms with Gasteiger partial charge in [0.05, 0.1) is 12.7 Å². The first-order valence-electron chi connectivity index (χ1n) is 5.34. The molecular formula is C12H13FN4O. The van der Waals surface area contributed by atoms with Gasteiger partial charge in [-0.05, 0) is 31.0 Å². The van der Waals surface area contributed by atoms with Gasteiger partial charge in [0.15, 0.2) is 5.82 Å². The highest BCUT2D eigenvalue weighted by atomic mass is 19.1. The third-order valence-corrected chi connectivity index (χ3v) is 2.47. The van der Waals surface area contributed by atoms with Crippen molar-refractivity contribution in [1.82, 2.24) is 15.0 Å². The van der Waals surface area contributed by atoms with Crippen LogP contribution in [-0.4, -0.2) is 22.1 Å². The lowest BCUT2D eigenvalue weighted by Gasteiger charge is -2.08. The molecule has 1 aromatic carbocycles. The smallest absolute Gasteiger partial charge is 0.321 e. The largest absolute Gasteiger partial charge is 0.467 e. The van der Waals surface area contributed by atoms with Crippen LogP contribution in [0.1, 0.15) is 11.1 Å². The van der Waals surface area contributed by atoms with Gasteiger partial charge >= 0.3 is 6.01 Å². The van der Waals surface area contributed by atoms with E-state index in [4.69, 9.17) is 10.5 Å². The molecule has 0 saturated carbocycles. The molecule has 0 atom stereocenters. The van der Waals surface area contributed by atoms with Crippen molar-refractivity contribution >= 4 is 5.95 Å². The Labute approximate surface area is 104 Å². The van der Waals surface area contributed by atoms with E-state index in [0.717, 1.165) is 11.1 Å². The van der Waals surface area contributed by atoms with E-state index in [1.165, 1.54) is 13.2 Å². The van der Waals surface area contributed by atoms with Crippen LogP contribution in [0.15, 0.2) is 12.1 Å². The van der Waals surface area contributed by atoms with Crippen LogP contribution in [0, 0.1) is 19.7 Å². The van der Waals surface area contributed by atoms with Gasteiger partial charge in [0.25, 0.3) is 0 Å². The van der Waals surface area contributed by atoms with E-state index in [9.17, 15) is 4.39 Å². The van der Waals surface area contributed by atoms with E-state index in [2.05, 4.69) is 15.0 Å². The van der Waals surface area contributed by atoms with Crippen LogP contribution in [0.3, 0.4) is 0 Å². The minimum absolute atomic E-state index is 0.00350. The van der Waals surface area contributed by atoms with Crippen molar-refractivity contribution in [2.75, 3.05) is 12.8 Å². The Morgan fingerprint density at radius 2 is 1.89 bits per heavy atom. The Balaban J connectivity index is 2.65. The molecule has 94 valence electrons. The van der Waals surface area contributed by atoms with Gasteiger partial charge in [0, 0.05) is 0 Å². The molecule has 0 aliphatic heterocycles. The number of aryl methyl sites for hydroxylation is 2. The Hall–Kier alpha value is -2.24. The molecule has 1 aromatic heterocycles. The predicted octanol–water partition coefficient (Wildman–Crippen LogP) is 1.89. The lowest BCUT2D eigenvalue weighted by molar-refractivity contribution is 0.379. The standard InChI is InChI=1S/C12H13FN4O/c1-6-4-7(2)9(8(13)5-6)10-15-11(14)17-12(16-10)18-3/h4-5H,1-3H3,(H2,14,15,16,17). The molecular weight excluding hydrogens is 235 g/mol. The number of halogens is 1. The zero-order chi connectivity index (χ0) is 13.3. The van der Waals surface area contributed by atoms with Crippen molar-refractivity contribution in [2.45, 2.75) is 13.8 Å². The summed E-state index contributed by atoms with van der Waals surface area (Å²) in [6.07, 6.45) is 0. The molecule has 0 aliphatic carbocycles. The summed E-state index contributed by atoms with van der Waals surface area (Å²) in [5.41, 5.74) is 7.42. The third-order valence-electron chi connectivity index (χ3n) is 2.47. The van der Waals surface area contributed by atoms with Gasteiger partial charge in [0.2, 0.25) is 5.95 Å². The van der Waals surface area contributed by atoms with Crippen LogP contribution in [0.4, 0.5) is 10.3 Å². The molecule has 0 amide bonds. The van der Waals surface area contributed by atoms with Gasteiger partial charge in [-0.25, -0.2) is 4.39 Å². The van der Waals surface area contributed by atoms with Crippen molar-refractivity contribution < 1.29 is 9.13 Å². The van der Waals surface area contributed by atoms with Crippen molar-refractivity contribution in [1.29, 1.82) is 0 Å². The number of nitrogens with zero attached hydrogens (tertiary/aromatic N) is 3. The molecule has 1 heterocycles. The number of nitrogen functional groups attached to an aromatic ring is 1. The summed E-state index contributed by atoms with van der Waals surface area (Å²) in [5.74, 6) is -0.217. The minimum atomic E-state index is -0.389. The number of nitrogens with two attached hydrogens (primary N) is 1. The van der Waals surface area contributed by atoms with Gasteiger partial charge in [-0.3, -0.25) is 0 Å².